The molecule has 0 unspecified atom stereocenters. The molecule has 0 fully saturated rings. The van der Waals surface area contributed by atoms with Crippen LogP contribution in [0, 0.1) is 0 Å². The first-order valence-corrected chi connectivity index (χ1v) is 6.40. The average Bonchev–Trinajstić information content (AvgIpc) is 2.40. The van der Waals surface area contributed by atoms with E-state index in [1.54, 1.807) is 0 Å². The molecule has 0 N–H and O–H groups in total. The number of para-hydroxylation sites is 1. The van der Waals surface area contributed by atoms with E-state index < -0.39 is 0 Å². The van der Waals surface area contributed by atoms with Crippen molar-refractivity contribution >= 4 is 26.8 Å². The Labute approximate surface area is 113 Å². The molecule has 3 aromatic rings. The molecule has 18 heavy (non-hydrogen) atoms. The van der Waals surface area contributed by atoms with Gasteiger partial charge in [-0.3, -0.25) is 0 Å². The highest BCUT2D eigenvalue weighted by molar-refractivity contribution is 9.10. The number of aromatic nitrogens is 1. The molecule has 3 heteroatoms. The van der Waals surface area contributed by atoms with Crippen LogP contribution in [0.3, 0.4) is 0 Å². The molecular formula is C15H10BrNO. The molecule has 2 nitrogen and oxygen atoms in total. The summed E-state index contributed by atoms with van der Waals surface area (Å²) in [7, 11) is 0. The number of rotatable bonds is 2. The van der Waals surface area contributed by atoms with Crippen LogP contribution in [0.4, 0.5) is 0 Å². The zero-order valence-electron chi connectivity index (χ0n) is 9.51. The maximum Gasteiger partial charge on any atom is 0.219 e. The van der Waals surface area contributed by atoms with Gasteiger partial charge in [-0.05, 0) is 36.4 Å². The van der Waals surface area contributed by atoms with Crippen LogP contribution >= 0.6 is 15.9 Å². The van der Waals surface area contributed by atoms with Gasteiger partial charge in [-0.25, -0.2) is 4.98 Å². The lowest BCUT2D eigenvalue weighted by Gasteiger charge is -2.05. The smallest absolute Gasteiger partial charge is 0.219 e. The second-order valence-corrected chi connectivity index (χ2v) is 4.82. The van der Waals surface area contributed by atoms with Crippen molar-refractivity contribution in [2.45, 2.75) is 0 Å². The molecule has 2 aromatic carbocycles. The predicted molar refractivity (Wildman–Crippen MR) is 76.0 cm³/mol. The third-order valence-electron chi connectivity index (χ3n) is 2.59. The standard InChI is InChI=1S/C15H10BrNO/c16-12-7-8-14-11(10-12)6-9-15(17-14)18-13-4-2-1-3-5-13/h1-10H. The minimum atomic E-state index is 0.607. The number of hydrogen-bond acceptors (Lipinski definition) is 2. The Morgan fingerprint density at radius 1 is 0.889 bits per heavy atom. The van der Waals surface area contributed by atoms with Crippen molar-refractivity contribution in [2.75, 3.05) is 0 Å². The van der Waals surface area contributed by atoms with Gasteiger partial charge in [0.25, 0.3) is 0 Å². The van der Waals surface area contributed by atoms with Gasteiger partial charge in [0.2, 0.25) is 5.88 Å². The van der Waals surface area contributed by atoms with E-state index in [0.717, 1.165) is 21.1 Å². The molecule has 1 heterocycles. The van der Waals surface area contributed by atoms with Crippen LogP contribution in [0.5, 0.6) is 11.6 Å². The summed E-state index contributed by atoms with van der Waals surface area (Å²) in [5, 5.41) is 1.09. The van der Waals surface area contributed by atoms with Gasteiger partial charge in [0.15, 0.2) is 0 Å². The summed E-state index contributed by atoms with van der Waals surface area (Å²) < 4.78 is 6.74. The Bertz CT molecular complexity index is 682. The molecule has 0 aliphatic carbocycles. The molecule has 0 radical (unpaired) electrons. The third kappa shape index (κ3) is 2.36. The van der Waals surface area contributed by atoms with Crippen LogP contribution in [0.25, 0.3) is 10.9 Å². The zero-order valence-corrected chi connectivity index (χ0v) is 11.1. The van der Waals surface area contributed by atoms with Crippen molar-refractivity contribution < 1.29 is 4.74 Å². The number of hydrogen-bond donors (Lipinski definition) is 0. The van der Waals surface area contributed by atoms with Gasteiger partial charge in [-0.1, -0.05) is 34.1 Å². The number of halogens is 1. The monoisotopic (exact) mass is 299 g/mol. The van der Waals surface area contributed by atoms with E-state index in [2.05, 4.69) is 20.9 Å². The van der Waals surface area contributed by atoms with E-state index in [4.69, 9.17) is 4.74 Å². The molecule has 0 saturated heterocycles. The summed E-state index contributed by atoms with van der Waals surface area (Å²) in [6.07, 6.45) is 0. The van der Waals surface area contributed by atoms with Crippen molar-refractivity contribution in [3.63, 3.8) is 0 Å². The summed E-state index contributed by atoms with van der Waals surface area (Å²) in [5.41, 5.74) is 0.923. The fourth-order valence-corrected chi connectivity index (χ4v) is 2.12. The lowest BCUT2D eigenvalue weighted by Crippen LogP contribution is -1.88. The Kier molecular flexibility index (Phi) is 2.99. The second kappa shape index (κ2) is 4.78. The summed E-state index contributed by atoms with van der Waals surface area (Å²) in [4.78, 5) is 4.47. The Hall–Kier alpha value is -1.87. The number of nitrogens with zero attached hydrogens (tertiary/aromatic N) is 1. The first-order chi connectivity index (χ1) is 8.81. The minimum Gasteiger partial charge on any atom is -0.439 e. The molecule has 0 saturated carbocycles. The van der Waals surface area contributed by atoms with Gasteiger partial charge < -0.3 is 4.74 Å². The van der Waals surface area contributed by atoms with Gasteiger partial charge in [0.1, 0.15) is 5.75 Å². The fourth-order valence-electron chi connectivity index (χ4n) is 1.74. The predicted octanol–water partition coefficient (Wildman–Crippen LogP) is 4.79. The topological polar surface area (TPSA) is 22.1 Å². The van der Waals surface area contributed by atoms with Crippen molar-refractivity contribution in [3.8, 4) is 11.6 Å². The molecule has 0 aliphatic heterocycles. The highest BCUT2D eigenvalue weighted by Crippen LogP contribution is 2.24. The number of pyridine rings is 1. The number of benzene rings is 2. The lowest BCUT2D eigenvalue weighted by atomic mass is 10.2. The molecule has 0 amide bonds. The molecule has 88 valence electrons. The Morgan fingerprint density at radius 2 is 1.72 bits per heavy atom. The van der Waals surface area contributed by atoms with Crippen LogP contribution in [0.1, 0.15) is 0 Å². The summed E-state index contributed by atoms with van der Waals surface area (Å²) in [6, 6.07) is 19.5. The number of fused-ring (bicyclic) bond motifs is 1. The average molecular weight is 300 g/mol. The molecule has 0 bridgehead atoms. The van der Waals surface area contributed by atoms with Crippen LogP contribution in [-0.4, -0.2) is 4.98 Å². The number of ether oxygens (including phenoxy) is 1. The summed E-state index contributed by atoms with van der Waals surface area (Å²) >= 11 is 3.45. The van der Waals surface area contributed by atoms with Gasteiger partial charge in [-0.15, -0.1) is 0 Å². The minimum absolute atomic E-state index is 0.607. The highest BCUT2D eigenvalue weighted by atomic mass is 79.9. The fraction of sp³-hybridized carbons (Fsp3) is 0. The normalized spacial score (nSPS) is 10.5. The van der Waals surface area contributed by atoms with Crippen LogP contribution in [-0.2, 0) is 0 Å². The van der Waals surface area contributed by atoms with Crippen molar-refractivity contribution in [1.29, 1.82) is 0 Å². The van der Waals surface area contributed by atoms with Crippen molar-refractivity contribution in [1.82, 2.24) is 4.98 Å². The maximum atomic E-state index is 5.69. The Morgan fingerprint density at radius 3 is 2.56 bits per heavy atom. The van der Waals surface area contributed by atoms with Gasteiger partial charge in [0, 0.05) is 15.9 Å². The van der Waals surface area contributed by atoms with Crippen molar-refractivity contribution in [2.24, 2.45) is 0 Å². The third-order valence-corrected chi connectivity index (χ3v) is 3.08. The van der Waals surface area contributed by atoms with E-state index in [9.17, 15) is 0 Å². The molecule has 3 rings (SSSR count). The van der Waals surface area contributed by atoms with E-state index >= 15 is 0 Å². The molecular weight excluding hydrogens is 290 g/mol. The molecule has 0 spiro atoms. The summed E-state index contributed by atoms with van der Waals surface area (Å²) in [6.45, 7) is 0. The zero-order chi connectivity index (χ0) is 12.4. The SMILES string of the molecule is Brc1ccc2nc(Oc3ccccc3)ccc2c1. The maximum absolute atomic E-state index is 5.69. The second-order valence-electron chi connectivity index (χ2n) is 3.90. The van der Waals surface area contributed by atoms with E-state index in [1.165, 1.54) is 0 Å². The van der Waals surface area contributed by atoms with E-state index in [0.29, 0.717) is 5.88 Å². The first kappa shape index (κ1) is 11.2. The van der Waals surface area contributed by atoms with E-state index in [-0.39, 0.29) is 0 Å². The van der Waals surface area contributed by atoms with E-state index in [1.807, 2.05) is 60.7 Å². The quantitative estimate of drug-likeness (QED) is 0.679. The first-order valence-electron chi connectivity index (χ1n) is 5.60. The Balaban J connectivity index is 1.96. The van der Waals surface area contributed by atoms with Gasteiger partial charge in [0.05, 0.1) is 5.52 Å². The molecule has 1 aromatic heterocycles. The van der Waals surface area contributed by atoms with Crippen molar-refractivity contribution in [3.05, 3.63) is 65.1 Å². The highest BCUT2D eigenvalue weighted by Gasteiger charge is 2.01. The largest absolute Gasteiger partial charge is 0.439 e. The van der Waals surface area contributed by atoms with Crippen LogP contribution in [0.15, 0.2) is 65.1 Å². The van der Waals surface area contributed by atoms with Crippen LogP contribution < -0.4 is 4.74 Å². The van der Waals surface area contributed by atoms with Gasteiger partial charge in [-0.2, -0.15) is 0 Å². The summed E-state index contributed by atoms with van der Waals surface area (Å²) in [5.74, 6) is 1.40. The van der Waals surface area contributed by atoms with Gasteiger partial charge >= 0.3 is 0 Å². The molecule has 0 atom stereocenters. The van der Waals surface area contributed by atoms with Crippen LogP contribution in [0.2, 0.25) is 0 Å². The molecule has 0 aliphatic rings. The lowest BCUT2D eigenvalue weighted by molar-refractivity contribution is 0.465.